The normalized spacial score (nSPS) is 2.25. The molecule has 0 aromatic rings. The first-order chi connectivity index (χ1) is 1.41. The Labute approximate surface area is 67.8 Å². The summed E-state index contributed by atoms with van der Waals surface area (Å²) in [7, 11) is 0. The molecule has 0 radical (unpaired) electrons. The maximum absolute atomic E-state index is 8.90. The van der Waals surface area contributed by atoms with Crippen LogP contribution < -0.4 is 0 Å². The van der Waals surface area contributed by atoms with E-state index in [1.807, 2.05) is 0 Å². The van der Waals surface area contributed by atoms with E-state index in [2.05, 4.69) is 14.1 Å². The van der Waals surface area contributed by atoms with Crippen molar-refractivity contribution in [1.29, 1.82) is 0 Å². The summed E-state index contributed by atoms with van der Waals surface area (Å²) in [6.45, 7) is 0. The van der Waals surface area contributed by atoms with Crippen molar-refractivity contribution in [2.24, 2.45) is 0 Å². The van der Waals surface area contributed by atoms with E-state index in [1.165, 1.54) is 0 Å². The minimum atomic E-state index is -0.750. The van der Waals surface area contributed by atoms with Crippen molar-refractivity contribution < 1.29 is 17.9 Å². The Morgan fingerprint density at radius 1 is 1.75 bits per heavy atom. The molecule has 0 aromatic heterocycles. The molecule has 0 saturated heterocycles. The van der Waals surface area contributed by atoms with Gasteiger partial charge in [0.2, 0.25) is 0 Å². The first-order valence-corrected chi connectivity index (χ1v) is 3.23. The summed E-state index contributed by atoms with van der Waals surface area (Å²) in [5, 5.41) is 0. The van der Waals surface area contributed by atoms with E-state index in [-0.39, 0.29) is 37.7 Å². The topological polar surface area (TPSA) is 17.1 Å². The molecular weight excluding hydrogens is 139 g/mol. The first-order valence-electron chi connectivity index (χ1n) is 0.440. The van der Waals surface area contributed by atoms with Crippen molar-refractivity contribution in [3.63, 3.8) is 0 Å². The predicted molar refractivity (Wildman–Crippen MR) is 15.0 cm³/mol. The molecule has 0 rings (SSSR count). The van der Waals surface area contributed by atoms with Gasteiger partial charge in [0.15, 0.2) is 0 Å². The molecule has 1 nitrogen and oxygen atoms in total. The van der Waals surface area contributed by atoms with Gasteiger partial charge in [-0.2, -0.15) is 0 Å². The summed E-state index contributed by atoms with van der Waals surface area (Å²) in [6.07, 6.45) is 0. The molecule has 4 heteroatoms. The van der Waals surface area contributed by atoms with E-state index in [1.54, 1.807) is 0 Å². The number of hydrogen-bond acceptors (Lipinski definition) is 1. The molecule has 0 N–H and O–H groups in total. The monoisotopic (exact) mass is 141 g/mol. The van der Waals surface area contributed by atoms with E-state index in [9.17, 15) is 0 Å². The van der Waals surface area contributed by atoms with Crippen LogP contribution in [0.2, 0.25) is 0 Å². The Morgan fingerprint density at radius 3 is 1.75 bits per heavy atom. The zero-order chi connectivity index (χ0) is 2.71. The molecule has 0 heterocycles. The Balaban J connectivity index is 0. The van der Waals surface area contributed by atoms with Crippen LogP contribution in [0.4, 0.5) is 0 Å². The Kier molecular flexibility index (Phi) is 21.1. The van der Waals surface area contributed by atoms with Gasteiger partial charge in [-0.15, -0.1) is 0 Å². The van der Waals surface area contributed by atoms with E-state index in [0.29, 0.717) is 0 Å². The summed E-state index contributed by atoms with van der Waals surface area (Å²) in [4.78, 5) is 0. The average Bonchev–Trinajstić information content (AvgIpc) is 0.918. The van der Waals surface area contributed by atoms with Gasteiger partial charge in [0, 0.05) is 0 Å². The quantitative estimate of drug-likeness (QED) is 0.378. The van der Waals surface area contributed by atoms with Gasteiger partial charge in [0.05, 0.1) is 0 Å². The van der Waals surface area contributed by atoms with Crippen LogP contribution in [0, 0.1) is 0 Å². The van der Waals surface area contributed by atoms with E-state index < -0.39 is 13.3 Å². The molecule has 0 atom stereocenters. The molecule has 21 valence electrons. The summed E-state index contributed by atoms with van der Waals surface area (Å²) in [5.74, 6) is 0. The van der Waals surface area contributed by atoms with Gasteiger partial charge >= 0.3 is 69.0 Å². The van der Waals surface area contributed by atoms with Crippen LogP contribution in [0.25, 0.3) is 0 Å². The van der Waals surface area contributed by atoms with Crippen LogP contribution in [-0.2, 0) is 17.9 Å². The standard InChI is InChI=1S/Al.Ca.Fe.O.2H. The van der Waals surface area contributed by atoms with Gasteiger partial charge in [-0.05, 0) is 0 Å². The molecule has 0 aromatic carbocycles. The van der Waals surface area contributed by atoms with Crippen LogP contribution >= 0.6 is 0 Å². The van der Waals surface area contributed by atoms with Gasteiger partial charge in [-0.1, -0.05) is 0 Å². The van der Waals surface area contributed by atoms with Crippen LogP contribution in [0.3, 0.4) is 0 Å². The average molecular weight is 141 g/mol. The number of hydrogen-bond donors (Lipinski definition) is 0. The number of rotatable bonds is 0. The van der Waals surface area contributed by atoms with E-state index in [4.69, 9.17) is 3.80 Å². The fourth-order valence-corrected chi connectivity index (χ4v) is 0. The zero-order valence-corrected chi connectivity index (χ0v) is 3.60. The third kappa shape index (κ3) is 8.93. The van der Waals surface area contributed by atoms with Gasteiger partial charge < -0.3 is 0 Å². The van der Waals surface area contributed by atoms with Crippen LogP contribution in [0.5, 0.6) is 0 Å². The van der Waals surface area contributed by atoms with Crippen molar-refractivity contribution >= 4 is 51.0 Å². The molecule has 0 aliphatic rings. The molecule has 0 saturated carbocycles. The molecule has 0 spiro atoms. The molecular formula is H2AlCaFeO. The molecule has 0 aliphatic heterocycles. The second-order valence-electron chi connectivity index (χ2n) is 0.0833. The minimum absolute atomic E-state index is 0. The Hall–Kier alpha value is 2.11. The summed E-state index contributed by atoms with van der Waals surface area (Å²) in [5.41, 5.74) is 0. The van der Waals surface area contributed by atoms with Gasteiger partial charge in [-0.25, -0.2) is 0 Å². The summed E-state index contributed by atoms with van der Waals surface area (Å²) >= 11 is 2.26. The van der Waals surface area contributed by atoms with Gasteiger partial charge in [0.25, 0.3) is 0 Å². The zero-order valence-electron chi connectivity index (χ0n) is 1.34. The Bertz CT molecular complexity index is 15.5. The summed E-state index contributed by atoms with van der Waals surface area (Å²) in [6, 6.07) is 0. The van der Waals surface area contributed by atoms with Gasteiger partial charge in [-0.3, -0.25) is 0 Å². The Morgan fingerprint density at radius 2 is 1.75 bits per heavy atom. The molecule has 0 unspecified atom stereocenters. The van der Waals surface area contributed by atoms with Crippen molar-refractivity contribution in [3.05, 3.63) is 0 Å². The van der Waals surface area contributed by atoms with Crippen LogP contribution in [0.1, 0.15) is 0 Å². The molecule has 4 heavy (non-hydrogen) atoms. The molecule has 0 amide bonds. The first kappa shape index (κ1) is 9.45. The molecule has 0 fully saturated rings. The second kappa shape index (κ2) is 8.93. The van der Waals surface area contributed by atoms with E-state index in [0.717, 1.165) is 0 Å². The maximum atomic E-state index is 8.90. The van der Waals surface area contributed by atoms with Crippen molar-refractivity contribution in [1.82, 2.24) is 0 Å². The van der Waals surface area contributed by atoms with Crippen molar-refractivity contribution in [3.8, 4) is 0 Å². The van der Waals surface area contributed by atoms with Crippen LogP contribution in [0.15, 0.2) is 0 Å². The van der Waals surface area contributed by atoms with E-state index >= 15 is 0 Å². The third-order valence-electron chi connectivity index (χ3n) is 0. The molecule has 0 bridgehead atoms. The SMILES string of the molecule is [CaH2].[O]=[Al][Fe]. The molecule has 0 aliphatic carbocycles. The van der Waals surface area contributed by atoms with Crippen molar-refractivity contribution in [2.75, 3.05) is 0 Å². The fraction of sp³-hybridized carbons (Fsp3) is 0. The predicted octanol–water partition coefficient (Wildman–Crippen LogP) is -1.42. The van der Waals surface area contributed by atoms with Crippen molar-refractivity contribution in [2.45, 2.75) is 0 Å². The fourth-order valence-electron chi connectivity index (χ4n) is 0. The second-order valence-corrected chi connectivity index (χ2v) is 1.03. The third-order valence-corrected chi connectivity index (χ3v) is 0. The van der Waals surface area contributed by atoms with Gasteiger partial charge in [0.1, 0.15) is 0 Å². The summed E-state index contributed by atoms with van der Waals surface area (Å²) < 4.78 is 8.90. The van der Waals surface area contributed by atoms with Crippen LogP contribution in [-0.4, -0.2) is 51.0 Å².